The van der Waals surface area contributed by atoms with Crippen LogP contribution in [-0.4, -0.2) is 54.9 Å². The van der Waals surface area contributed by atoms with Crippen LogP contribution in [0.25, 0.3) is 11.4 Å². The second kappa shape index (κ2) is 9.70. The van der Waals surface area contributed by atoms with E-state index in [1.54, 1.807) is 42.4 Å². The highest BCUT2D eigenvalue weighted by Gasteiger charge is 2.34. The monoisotopic (exact) mass is 472 g/mol. The fourth-order valence-electron chi connectivity index (χ4n) is 3.81. The van der Waals surface area contributed by atoms with Gasteiger partial charge in [0.25, 0.3) is 5.91 Å². The Bertz CT molecular complexity index is 1140. The zero-order valence-corrected chi connectivity index (χ0v) is 18.7. The molecule has 4 heterocycles. The highest BCUT2D eigenvalue weighted by molar-refractivity contribution is 5.98. The number of alkyl halides is 3. The third kappa shape index (κ3) is 5.29. The van der Waals surface area contributed by atoms with Crippen molar-refractivity contribution in [1.29, 1.82) is 0 Å². The maximum absolute atomic E-state index is 13.7. The molecule has 2 atom stereocenters. The van der Waals surface area contributed by atoms with Gasteiger partial charge in [0.2, 0.25) is 0 Å². The molecule has 11 heteroatoms. The van der Waals surface area contributed by atoms with Gasteiger partial charge in [-0.25, -0.2) is 24.9 Å². The first-order valence-corrected chi connectivity index (χ1v) is 10.8. The number of pyridine rings is 1. The summed E-state index contributed by atoms with van der Waals surface area (Å²) < 4.78 is 43.8. The van der Waals surface area contributed by atoms with Crippen LogP contribution >= 0.6 is 0 Å². The van der Waals surface area contributed by atoms with Gasteiger partial charge < -0.3 is 9.64 Å². The average Bonchev–Trinajstić information content (AvgIpc) is 2.83. The van der Waals surface area contributed by atoms with E-state index in [1.807, 2.05) is 0 Å². The third-order valence-electron chi connectivity index (χ3n) is 5.61. The van der Waals surface area contributed by atoms with Crippen LogP contribution in [0, 0.1) is 12.8 Å². The minimum Gasteiger partial charge on any atom is -0.461 e. The Kier molecular flexibility index (Phi) is 6.71. The lowest BCUT2D eigenvalue weighted by Gasteiger charge is -2.38. The number of aryl methyl sites for hydroxylation is 1. The van der Waals surface area contributed by atoms with Gasteiger partial charge in [0, 0.05) is 37.0 Å². The van der Waals surface area contributed by atoms with E-state index in [9.17, 15) is 18.0 Å². The number of ether oxygens (including phenoxy) is 1. The fraction of sp³-hybridized carbons (Fsp3) is 0.391. The summed E-state index contributed by atoms with van der Waals surface area (Å²) >= 11 is 0. The molecule has 0 bridgehead atoms. The van der Waals surface area contributed by atoms with Crippen molar-refractivity contribution in [3.63, 3.8) is 0 Å². The number of nitrogens with zero attached hydrogens (tertiary/aromatic N) is 6. The van der Waals surface area contributed by atoms with Gasteiger partial charge in [-0.1, -0.05) is 6.92 Å². The predicted molar refractivity (Wildman–Crippen MR) is 116 cm³/mol. The fourth-order valence-corrected chi connectivity index (χ4v) is 3.81. The Morgan fingerprint density at radius 1 is 1.12 bits per heavy atom. The van der Waals surface area contributed by atoms with Crippen molar-refractivity contribution < 1.29 is 22.7 Å². The highest BCUT2D eigenvalue weighted by atomic mass is 19.4. The molecule has 1 unspecified atom stereocenters. The van der Waals surface area contributed by atoms with E-state index in [1.165, 1.54) is 0 Å². The molecular formula is C23H23F3N6O2. The molecule has 0 radical (unpaired) electrons. The van der Waals surface area contributed by atoms with Crippen molar-refractivity contribution in [1.82, 2.24) is 29.8 Å². The van der Waals surface area contributed by atoms with Gasteiger partial charge in [0.05, 0.1) is 17.2 Å². The third-order valence-corrected chi connectivity index (χ3v) is 5.61. The number of piperidine rings is 1. The van der Waals surface area contributed by atoms with Crippen molar-refractivity contribution in [2.24, 2.45) is 5.92 Å². The summed E-state index contributed by atoms with van der Waals surface area (Å²) in [4.78, 5) is 35.7. The van der Waals surface area contributed by atoms with Crippen molar-refractivity contribution in [2.45, 2.75) is 38.9 Å². The summed E-state index contributed by atoms with van der Waals surface area (Å²) in [6.07, 6.45) is 1.56. The topological polar surface area (TPSA) is 94.0 Å². The second-order valence-corrected chi connectivity index (χ2v) is 8.28. The van der Waals surface area contributed by atoms with E-state index in [2.05, 4.69) is 31.8 Å². The number of aromatic nitrogens is 5. The summed E-state index contributed by atoms with van der Waals surface area (Å²) in [5, 5.41) is 0. The molecule has 1 amide bonds. The molecule has 0 spiro atoms. The molecule has 1 aliphatic rings. The van der Waals surface area contributed by atoms with Gasteiger partial charge in [0.15, 0.2) is 5.82 Å². The SMILES string of the molecule is Cc1ccc(-c2ncccn2)c(C(=O)N2C[C@@H](C)CCC2COc2ncc(C(F)(F)F)cn2)n1. The van der Waals surface area contributed by atoms with Gasteiger partial charge in [0.1, 0.15) is 12.3 Å². The molecular weight excluding hydrogens is 449 g/mol. The molecule has 178 valence electrons. The average molecular weight is 472 g/mol. The molecule has 8 nitrogen and oxygen atoms in total. The molecule has 1 fully saturated rings. The minimum atomic E-state index is -4.53. The van der Waals surface area contributed by atoms with E-state index in [-0.39, 0.29) is 36.2 Å². The van der Waals surface area contributed by atoms with Crippen LogP contribution in [0.15, 0.2) is 43.0 Å². The normalized spacial score (nSPS) is 18.6. The van der Waals surface area contributed by atoms with E-state index in [0.717, 1.165) is 6.42 Å². The van der Waals surface area contributed by atoms with Crippen LogP contribution in [0.4, 0.5) is 13.2 Å². The van der Waals surface area contributed by atoms with Crippen molar-refractivity contribution in [3.05, 3.63) is 59.9 Å². The van der Waals surface area contributed by atoms with Crippen molar-refractivity contribution in [2.75, 3.05) is 13.2 Å². The maximum atomic E-state index is 13.7. The number of carbonyl (C=O) groups is 1. The summed E-state index contributed by atoms with van der Waals surface area (Å²) in [5.41, 5.74) is 0.500. The minimum absolute atomic E-state index is 0.0484. The molecule has 1 aliphatic heterocycles. The van der Waals surface area contributed by atoms with E-state index >= 15 is 0 Å². The van der Waals surface area contributed by atoms with Crippen LogP contribution in [0.5, 0.6) is 6.01 Å². The van der Waals surface area contributed by atoms with Gasteiger partial charge in [-0.3, -0.25) is 4.79 Å². The zero-order valence-electron chi connectivity index (χ0n) is 18.7. The largest absolute Gasteiger partial charge is 0.461 e. The molecule has 1 saturated heterocycles. The molecule has 4 rings (SSSR count). The van der Waals surface area contributed by atoms with Crippen molar-refractivity contribution >= 4 is 5.91 Å². The smallest absolute Gasteiger partial charge is 0.419 e. The molecule has 0 N–H and O–H groups in total. The summed E-state index contributed by atoms with van der Waals surface area (Å²) in [6.45, 7) is 4.40. The Labute approximate surface area is 194 Å². The molecule has 0 aromatic carbocycles. The van der Waals surface area contributed by atoms with Gasteiger partial charge in [-0.15, -0.1) is 0 Å². The quantitative estimate of drug-likeness (QED) is 0.555. The lowest BCUT2D eigenvalue weighted by Crippen LogP contribution is -2.49. The summed E-state index contributed by atoms with van der Waals surface area (Å²) in [6, 6.07) is 4.77. The zero-order chi connectivity index (χ0) is 24.3. The Hall–Kier alpha value is -3.63. The standard InChI is InChI=1S/C23H23F3N6O2/c1-14-4-6-17(13-34-22-29-10-16(11-30-22)23(24,25)26)32(12-14)21(33)19-18(7-5-15(2)31-19)20-27-8-3-9-28-20/h3,5,7-11,14,17H,4,6,12-13H2,1-2H3/t14-,17?/m0/s1. The maximum Gasteiger partial charge on any atom is 0.419 e. The number of hydrogen-bond donors (Lipinski definition) is 0. The van der Waals surface area contributed by atoms with E-state index < -0.39 is 11.7 Å². The van der Waals surface area contributed by atoms with Gasteiger partial charge >= 0.3 is 12.2 Å². The van der Waals surface area contributed by atoms with Crippen LogP contribution < -0.4 is 4.74 Å². The number of likely N-dealkylation sites (tertiary alicyclic amines) is 1. The van der Waals surface area contributed by atoms with Crippen LogP contribution in [-0.2, 0) is 6.18 Å². The number of carbonyl (C=O) groups excluding carboxylic acids is 1. The lowest BCUT2D eigenvalue weighted by atomic mass is 9.93. The number of halogens is 3. The van der Waals surface area contributed by atoms with E-state index in [0.29, 0.717) is 42.4 Å². The summed E-state index contributed by atoms with van der Waals surface area (Å²) in [7, 11) is 0. The molecule has 34 heavy (non-hydrogen) atoms. The highest BCUT2D eigenvalue weighted by Crippen LogP contribution is 2.29. The summed E-state index contributed by atoms with van der Waals surface area (Å²) in [5.74, 6) is 0.387. The Morgan fingerprint density at radius 2 is 1.82 bits per heavy atom. The molecule has 0 saturated carbocycles. The number of rotatable bonds is 5. The predicted octanol–water partition coefficient (Wildman–Crippen LogP) is 3.98. The van der Waals surface area contributed by atoms with Crippen LogP contribution in [0.1, 0.15) is 41.5 Å². The number of amides is 1. The number of hydrogen-bond acceptors (Lipinski definition) is 7. The Balaban J connectivity index is 1.56. The second-order valence-electron chi connectivity index (χ2n) is 8.28. The van der Waals surface area contributed by atoms with Crippen LogP contribution in [0.3, 0.4) is 0 Å². The molecule has 3 aromatic heterocycles. The lowest BCUT2D eigenvalue weighted by molar-refractivity contribution is -0.138. The molecule has 3 aromatic rings. The van der Waals surface area contributed by atoms with Gasteiger partial charge in [-0.05, 0) is 43.9 Å². The first-order valence-electron chi connectivity index (χ1n) is 10.8. The van der Waals surface area contributed by atoms with Gasteiger partial charge in [-0.2, -0.15) is 13.2 Å². The first kappa shape index (κ1) is 23.5. The van der Waals surface area contributed by atoms with Crippen LogP contribution in [0.2, 0.25) is 0 Å². The van der Waals surface area contributed by atoms with Crippen molar-refractivity contribution in [3.8, 4) is 17.4 Å². The van der Waals surface area contributed by atoms with E-state index in [4.69, 9.17) is 4.74 Å². The first-order chi connectivity index (χ1) is 16.2. The Morgan fingerprint density at radius 3 is 2.50 bits per heavy atom. The molecule has 0 aliphatic carbocycles.